The van der Waals surface area contributed by atoms with E-state index < -0.39 is 0 Å². The quantitative estimate of drug-likeness (QED) is 0.589. The summed E-state index contributed by atoms with van der Waals surface area (Å²) in [5.74, 6) is 6.93. The summed E-state index contributed by atoms with van der Waals surface area (Å²) in [6.45, 7) is 6.18. The Morgan fingerprint density at radius 1 is 1.15 bits per heavy atom. The first-order valence-corrected chi connectivity index (χ1v) is 7.20. The molecule has 0 bridgehead atoms. The van der Waals surface area contributed by atoms with Crippen LogP contribution in [0.25, 0.3) is 0 Å². The fourth-order valence-electron chi connectivity index (χ4n) is 2.21. The van der Waals surface area contributed by atoms with Crippen molar-refractivity contribution in [3.8, 4) is 0 Å². The van der Waals surface area contributed by atoms with E-state index in [4.69, 9.17) is 5.84 Å². The molecular formula is C14H18BrN5. The van der Waals surface area contributed by atoms with Crippen molar-refractivity contribution in [2.24, 2.45) is 5.84 Å². The van der Waals surface area contributed by atoms with Crippen LogP contribution < -0.4 is 16.6 Å². The molecule has 0 saturated heterocycles. The molecule has 4 N–H and O–H groups in total. The maximum absolute atomic E-state index is 5.49. The first kappa shape index (κ1) is 14.7. The Kier molecular flexibility index (Phi) is 4.57. The lowest BCUT2D eigenvalue weighted by Crippen LogP contribution is -2.13. The lowest BCUT2D eigenvalue weighted by molar-refractivity contribution is 1.04. The molecule has 2 rings (SSSR count). The van der Waals surface area contributed by atoms with Crippen molar-refractivity contribution in [1.29, 1.82) is 0 Å². The van der Waals surface area contributed by atoms with Crippen LogP contribution in [-0.2, 0) is 6.42 Å². The SMILES string of the molecule is CCc1c(NN)ncnc1Nc1c(C)cc(Br)cc1C. The Morgan fingerprint density at radius 2 is 1.75 bits per heavy atom. The van der Waals surface area contributed by atoms with Gasteiger partial charge in [-0.1, -0.05) is 22.9 Å². The average molecular weight is 336 g/mol. The minimum absolute atomic E-state index is 0.650. The van der Waals surface area contributed by atoms with Gasteiger partial charge in [0, 0.05) is 15.7 Å². The zero-order chi connectivity index (χ0) is 14.7. The number of halogens is 1. The molecule has 0 saturated carbocycles. The second-order valence-electron chi connectivity index (χ2n) is 4.59. The summed E-state index contributed by atoms with van der Waals surface area (Å²) >= 11 is 3.50. The topological polar surface area (TPSA) is 75.9 Å². The standard InChI is InChI=1S/C14H18BrN5/c1-4-11-13(17-7-18-14(11)20-16)19-12-8(2)5-10(15)6-9(12)3/h5-7H,4,16H2,1-3H3,(H2,17,18,19,20). The molecule has 0 spiro atoms. The maximum atomic E-state index is 5.49. The third-order valence-electron chi connectivity index (χ3n) is 3.18. The highest BCUT2D eigenvalue weighted by atomic mass is 79.9. The van der Waals surface area contributed by atoms with Crippen LogP contribution in [0.15, 0.2) is 22.9 Å². The largest absolute Gasteiger partial charge is 0.339 e. The third-order valence-corrected chi connectivity index (χ3v) is 3.63. The molecule has 0 fully saturated rings. The van der Waals surface area contributed by atoms with Gasteiger partial charge in [-0.3, -0.25) is 0 Å². The minimum Gasteiger partial charge on any atom is -0.339 e. The fourth-order valence-corrected chi connectivity index (χ4v) is 2.89. The molecule has 5 nitrogen and oxygen atoms in total. The van der Waals surface area contributed by atoms with Crippen molar-refractivity contribution in [3.05, 3.63) is 39.6 Å². The summed E-state index contributed by atoms with van der Waals surface area (Å²) in [5, 5.41) is 3.39. The number of nitrogens with two attached hydrogens (primary N) is 1. The monoisotopic (exact) mass is 335 g/mol. The molecule has 1 heterocycles. The Hall–Kier alpha value is -1.66. The van der Waals surface area contributed by atoms with Gasteiger partial charge in [-0.2, -0.15) is 0 Å². The van der Waals surface area contributed by atoms with Crippen molar-refractivity contribution in [2.75, 3.05) is 10.7 Å². The van der Waals surface area contributed by atoms with E-state index in [9.17, 15) is 0 Å². The van der Waals surface area contributed by atoms with Crippen LogP contribution in [0.5, 0.6) is 0 Å². The highest BCUT2D eigenvalue weighted by Gasteiger charge is 2.11. The van der Waals surface area contributed by atoms with Gasteiger partial charge in [-0.05, 0) is 43.5 Å². The molecule has 1 aromatic heterocycles. The number of hydrogen-bond donors (Lipinski definition) is 3. The highest BCUT2D eigenvalue weighted by molar-refractivity contribution is 9.10. The van der Waals surface area contributed by atoms with Gasteiger partial charge in [-0.15, -0.1) is 0 Å². The molecule has 0 atom stereocenters. The summed E-state index contributed by atoms with van der Waals surface area (Å²) in [5.41, 5.74) is 6.95. The molecule has 0 radical (unpaired) electrons. The molecular weight excluding hydrogens is 318 g/mol. The second kappa shape index (κ2) is 6.19. The summed E-state index contributed by atoms with van der Waals surface area (Å²) in [7, 11) is 0. The predicted molar refractivity (Wildman–Crippen MR) is 86.1 cm³/mol. The Bertz CT molecular complexity index is 604. The minimum atomic E-state index is 0.650. The molecule has 106 valence electrons. The molecule has 0 aliphatic carbocycles. The summed E-state index contributed by atoms with van der Waals surface area (Å²) < 4.78 is 1.07. The smallest absolute Gasteiger partial charge is 0.148 e. The molecule has 0 aliphatic heterocycles. The summed E-state index contributed by atoms with van der Waals surface area (Å²) in [6, 6.07) is 4.15. The van der Waals surface area contributed by atoms with Crippen LogP contribution >= 0.6 is 15.9 Å². The third kappa shape index (κ3) is 2.91. The fraction of sp³-hybridized carbons (Fsp3) is 0.286. The van der Waals surface area contributed by atoms with E-state index in [1.165, 1.54) is 6.33 Å². The molecule has 0 aliphatic rings. The van der Waals surface area contributed by atoms with Gasteiger partial charge in [0.25, 0.3) is 0 Å². The van der Waals surface area contributed by atoms with E-state index in [-0.39, 0.29) is 0 Å². The van der Waals surface area contributed by atoms with Crippen molar-refractivity contribution in [2.45, 2.75) is 27.2 Å². The number of benzene rings is 1. The summed E-state index contributed by atoms with van der Waals surface area (Å²) in [6.07, 6.45) is 2.29. The van der Waals surface area contributed by atoms with Crippen molar-refractivity contribution in [3.63, 3.8) is 0 Å². The number of anilines is 3. The second-order valence-corrected chi connectivity index (χ2v) is 5.50. The van der Waals surface area contributed by atoms with Gasteiger partial charge in [0.1, 0.15) is 18.0 Å². The molecule has 0 unspecified atom stereocenters. The lowest BCUT2D eigenvalue weighted by Gasteiger charge is -2.16. The first-order chi connectivity index (χ1) is 9.56. The number of hydrogen-bond acceptors (Lipinski definition) is 5. The van der Waals surface area contributed by atoms with Crippen molar-refractivity contribution >= 4 is 33.3 Å². The average Bonchev–Trinajstić information content (AvgIpc) is 2.42. The number of aryl methyl sites for hydroxylation is 2. The molecule has 6 heteroatoms. The van der Waals surface area contributed by atoms with Crippen LogP contribution in [0.1, 0.15) is 23.6 Å². The molecule has 2 aromatic rings. The number of aromatic nitrogens is 2. The number of nitrogens with one attached hydrogen (secondary N) is 2. The zero-order valence-corrected chi connectivity index (χ0v) is 13.4. The number of rotatable bonds is 4. The van der Waals surface area contributed by atoms with E-state index in [2.05, 4.69) is 62.6 Å². The summed E-state index contributed by atoms with van der Waals surface area (Å²) in [4.78, 5) is 8.46. The Balaban J connectivity index is 2.45. The van der Waals surface area contributed by atoms with Crippen molar-refractivity contribution < 1.29 is 0 Å². The van der Waals surface area contributed by atoms with Crippen LogP contribution in [-0.4, -0.2) is 9.97 Å². The zero-order valence-electron chi connectivity index (χ0n) is 11.8. The number of hydrazine groups is 1. The van der Waals surface area contributed by atoms with E-state index in [0.717, 1.165) is 39.1 Å². The van der Waals surface area contributed by atoms with E-state index in [1.54, 1.807) is 0 Å². The van der Waals surface area contributed by atoms with Gasteiger partial charge in [0.15, 0.2) is 0 Å². The van der Waals surface area contributed by atoms with E-state index in [0.29, 0.717) is 5.82 Å². The van der Waals surface area contributed by atoms with Crippen molar-refractivity contribution in [1.82, 2.24) is 9.97 Å². The van der Waals surface area contributed by atoms with Gasteiger partial charge in [0.05, 0.1) is 0 Å². The molecule has 20 heavy (non-hydrogen) atoms. The lowest BCUT2D eigenvalue weighted by atomic mass is 10.1. The van der Waals surface area contributed by atoms with Gasteiger partial charge in [0.2, 0.25) is 0 Å². The predicted octanol–water partition coefficient (Wildman–Crippen LogP) is 3.45. The van der Waals surface area contributed by atoms with E-state index in [1.807, 2.05) is 6.92 Å². The molecule has 0 amide bonds. The highest BCUT2D eigenvalue weighted by Crippen LogP contribution is 2.30. The number of nitrogen functional groups attached to an aromatic ring is 1. The van der Waals surface area contributed by atoms with Gasteiger partial charge >= 0.3 is 0 Å². The number of nitrogens with zero attached hydrogens (tertiary/aromatic N) is 2. The van der Waals surface area contributed by atoms with Gasteiger partial charge < -0.3 is 10.7 Å². The Morgan fingerprint density at radius 3 is 2.30 bits per heavy atom. The van der Waals surface area contributed by atoms with Gasteiger partial charge in [-0.25, -0.2) is 15.8 Å². The maximum Gasteiger partial charge on any atom is 0.148 e. The van der Waals surface area contributed by atoms with E-state index >= 15 is 0 Å². The first-order valence-electron chi connectivity index (χ1n) is 6.41. The van der Waals surface area contributed by atoms with Crippen LogP contribution in [0, 0.1) is 13.8 Å². The van der Waals surface area contributed by atoms with Crippen LogP contribution in [0.2, 0.25) is 0 Å². The molecule has 1 aromatic carbocycles. The normalized spacial score (nSPS) is 10.4. The van der Waals surface area contributed by atoms with Crippen LogP contribution in [0.4, 0.5) is 17.3 Å². The Labute approximate surface area is 127 Å². The van der Waals surface area contributed by atoms with Crippen LogP contribution in [0.3, 0.4) is 0 Å².